The lowest BCUT2D eigenvalue weighted by Gasteiger charge is -2.31. The van der Waals surface area contributed by atoms with Gasteiger partial charge in [-0.1, -0.05) is 18.9 Å². The minimum absolute atomic E-state index is 0. The van der Waals surface area contributed by atoms with Crippen LogP contribution in [0.25, 0.3) is 0 Å². The van der Waals surface area contributed by atoms with Gasteiger partial charge in [-0.05, 0) is 39.2 Å². The van der Waals surface area contributed by atoms with Gasteiger partial charge < -0.3 is 20.3 Å². The van der Waals surface area contributed by atoms with Gasteiger partial charge >= 0.3 is 0 Å². The molecule has 1 aromatic heterocycles. The third-order valence-electron chi connectivity index (χ3n) is 4.93. The van der Waals surface area contributed by atoms with Crippen molar-refractivity contribution in [2.75, 3.05) is 27.2 Å². The van der Waals surface area contributed by atoms with Crippen molar-refractivity contribution in [2.45, 2.75) is 59.1 Å². The Balaban J connectivity index is 0.00000420. The number of rotatable bonds is 8. The quantitative estimate of drug-likeness (QED) is 0.315. The average molecular weight is 517 g/mol. The summed E-state index contributed by atoms with van der Waals surface area (Å²) in [6.45, 7) is 7.87. The molecule has 0 saturated heterocycles. The zero-order valence-electron chi connectivity index (χ0n) is 18.3. The largest absolute Gasteiger partial charge is 0.475 e. The van der Waals surface area contributed by atoms with Crippen LogP contribution in [0.4, 0.5) is 0 Å². The second-order valence-electron chi connectivity index (χ2n) is 7.91. The Morgan fingerprint density at radius 3 is 2.48 bits per heavy atom. The van der Waals surface area contributed by atoms with E-state index in [1.165, 1.54) is 0 Å². The Hall–Kier alpha value is -1.58. The fraction of sp³-hybridized carbons (Fsp3) is 0.667. The predicted octanol–water partition coefficient (Wildman–Crippen LogP) is 3.19. The molecule has 1 heterocycles. The Kier molecular flexibility index (Phi) is 10.7. The summed E-state index contributed by atoms with van der Waals surface area (Å²) < 4.78 is 5.57. The SMILES string of the molecule is CCNC(=NCc1ccc(OC(C)C)nc1)NCC1(C(=O)N(C)C)CCCC1.I. The van der Waals surface area contributed by atoms with Crippen molar-refractivity contribution in [3.8, 4) is 5.88 Å². The van der Waals surface area contributed by atoms with E-state index in [0.29, 0.717) is 19.0 Å². The van der Waals surface area contributed by atoms with Crippen molar-refractivity contribution >= 4 is 35.8 Å². The number of nitrogens with zero attached hydrogens (tertiary/aromatic N) is 3. The van der Waals surface area contributed by atoms with Crippen LogP contribution in [0.2, 0.25) is 0 Å². The van der Waals surface area contributed by atoms with Gasteiger partial charge in [-0.25, -0.2) is 9.98 Å². The van der Waals surface area contributed by atoms with Crippen LogP contribution in [0.15, 0.2) is 23.3 Å². The number of hydrogen-bond acceptors (Lipinski definition) is 4. The van der Waals surface area contributed by atoms with E-state index < -0.39 is 0 Å². The number of aromatic nitrogens is 1. The first-order valence-corrected chi connectivity index (χ1v) is 10.2. The highest BCUT2D eigenvalue weighted by Gasteiger charge is 2.42. The fourth-order valence-corrected chi connectivity index (χ4v) is 3.57. The van der Waals surface area contributed by atoms with E-state index in [4.69, 9.17) is 4.74 Å². The molecule has 1 saturated carbocycles. The van der Waals surface area contributed by atoms with E-state index in [-0.39, 0.29) is 41.4 Å². The molecule has 2 rings (SSSR count). The summed E-state index contributed by atoms with van der Waals surface area (Å²) in [4.78, 5) is 23.4. The molecule has 0 unspecified atom stereocenters. The molecule has 1 fully saturated rings. The van der Waals surface area contributed by atoms with E-state index >= 15 is 0 Å². The molecule has 0 bridgehead atoms. The minimum Gasteiger partial charge on any atom is -0.475 e. The van der Waals surface area contributed by atoms with Gasteiger partial charge in [-0.15, -0.1) is 24.0 Å². The van der Waals surface area contributed by atoms with E-state index in [1.807, 2.05) is 47.0 Å². The first kappa shape index (κ1) is 25.5. The number of ether oxygens (including phenoxy) is 1. The number of guanidine groups is 1. The molecule has 1 amide bonds. The van der Waals surface area contributed by atoms with Crippen molar-refractivity contribution in [3.05, 3.63) is 23.9 Å². The summed E-state index contributed by atoms with van der Waals surface area (Å²) >= 11 is 0. The van der Waals surface area contributed by atoms with Crippen molar-refractivity contribution in [1.82, 2.24) is 20.5 Å². The fourth-order valence-electron chi connectivity index (χ4n) is 3.57. The molecular formula is C21H36IN5O2. The maximum atomic E-state index is 12.7. The van der Waals surface area contributed by atoms with Crippen LogP contribution in [0.5, 0.6) is 5.88 Å². The number of aliphatic imine (C=N–C) groups is 1. The molecule has 8 heteroatoms. The molecule has 2 N–H and O–H groups in total. The van der Waals surface area contributed by atoms with Gasteiger partial charge in [-0.3, -0.25) is 4.79 Å². The standard InChI is InChI=1S/C21H35N5O2.HI/c1-6-22-20(24-14-17-9-10-18(23-13-17)28-16(2)3)25-15-21(11-7-8-12-21)19(27)26(4)5;/h9-10,13,16H,6-8,11-12,14-15H2,1-5H3,(H2,22,24,25);1H. The predicted molar refractivity (Wildman–Crippen MR) is 128 cm³/mol. The highest BCUT2D eigenvalue weighted by molar-refractivity contribution is 14.0. The molecule has 0 radical (unpaired) electrons. The van der Waals surface area contributed by atoms with Crippen LogP contribution in [0, 0.1) is 5.41 Å². The number of nitrogens with one attached hydrogen (secondary N) is 2. The van der Waals surface area contributed by atoms with Crippen LogP contribution in [-0.2, 0) is 11.3 Å². The van der Waals surface area contributed by atoms with Gasteiger partial charge in [0.15, 0.2) is 5.96 Å². The van der Waals surface area contributed by atoms with Crippen LogP contribution in [0.1, 0.15) is 52.0 Å². The van der Waals surface area contributed by atoms with Gasteiger partial charge in [0, 0.05) is 39.4 Å². The Morgan fingerprint density at radius 2 is 1.97 bits per heavy atom. The number of carbonyl (C=O) groups excluding carboxylic acids is 1. The van der Waals surface area contributed by atoms with Crippen LogP contribution in [0.3, 0.4) is 0 Å². The number of halogens is 1. The first-order chi connectivity index (χ1) is 13.4. The van der Waals surface area contributed by atoms with E-state index in [9.17, 15) is 4.79 Å². The third kappa shape index (κ3) is 7.64. The Bertz CT molecular complexity index is 656. The third-order valence-corrected chi connectivity index (χ3v) is 4.93. The summed E-state index contributed by atoms with van der Waals surface area (Å²) in [6.07, 6.45) is 5.96. The molecule has 7 nitrogen and oxygen atoms in total. The Labute approximate surface area is 192 Å². The zero-order valence-corrected chi connectivity index (χ0v) is 20.7. The normalized spacial score (nSPS) is 15.6. The zero-order chi connectivity index (χ0) is 20.6. The maximum absolute atomic E-state index is 12.7. The second kappa shape index (κ2) is 12.2. The minimum atomic E-state index is -0.322. The average Bonchev–Trinajstić information content (AvgIpc) is 3.14. The molecule has 1 aliphatic rings. The molecule has 1 aromatic rings. The number of amides is 1. The first-order valence-electron chi connectivity index (χ1n) is 10.2. The van der Waals surface area contributed by atoms with Crippen molar-refractivity contribution in [2.24, 2.45) is 10.4 Å². The van der Waals surface area contributed by atoms with Gasteiger partial charge in [-0.2, -0.15) is 0 Å². The smallest absolute Gasteiger partial charge is 0.230 e. The number of hydrogen-bond donors (Lipinski definition) is 2. The van der Waals surface area contributed by atoms with Crippen LogP contribution >= 0.6 is 24.0 Å². The Morgan fingerprint density at radius 1 is 1.28 bits per heavy atom. The molecule has 0 spiro atoms. The molecule has 1 aliphatic carbocycles. The lowest BCUT2D eigenvalue weighted by atomic mass is 9.84. The second-order valence-corrected chi connectivity index (χ2v) is 7.91. The highest BCUT2D eigenvalue weighted by Crippen LogP contribution is 2.38. The lowest BCUT2D eigenvalue weighted by molar-refractivity contribution is -0.138. The number of carbonyl (C=O) groups is 1. The van der Waals surface area contributed by atoms with Gasteiger partial charge in [0.2, 0.25) is 11.8 Å². The van der Waals surface area contributed by atoms with E-state index in [0.717, 1.165) is 43.8 Å². The summed E-state index contributed by atoms with van der Waals surface area (Å²) in [7, 11) is 3.67. The number of pyridine rings is 1. The molecule has 164 valence electrons. The van der Waals surface area contributed by atoms with E-state index in [1.54, 1.807) is 11.1 Å². The molecule has 0 atom stereocenters. The topological polar surface area (TPSA) is 78.9 Å². The maximum Gasteiger partial charge on any atom is 0.230 e. The lowest BCUT2D eigenvalue weighted by Crippen LogP contribution is -2.49. The highest BCUT2D eigenvalue weighted by atomic mass is 127. The van der Waals surface area contributed by atoms with Gasteiger partial charge in [0.25, 0.3) is 0 Å². The summed E-state index contributed by atoms with van der Waals surface area (Å²) in [5, 5.41) is 6.66. The van der Waals surface area contributed by atoms with Crippen LogP contribution in [-0.4, -0.2) is 55.0 Å². The van der Waals surface area contributed by atoms with Crippen LogP contribution < -0.4 is 15.4 Å². The van der Waals surface area contributed by atoms with Gasteiger partial charge in [0.05, 0.1) is 18.1 Å². The van der Waals surface area contributed by atoms with Gasteiger partial charge in [0.1, 0.15) is 0 Å². The summed E-state index contributed by atoms with van der Waals surface area (Å²) in [5.74, 6) is 1.55. The van der Waals surface area contributed by atoms with Crippen molar-refractivity contribution in [1.29, 1.82) is 0 Å². The molecule has 29 heavy (non-hydrogen) atoms. The monoisotopic (exact) mass is 517 g/mol. The molecule has 0 aromatic carbocycles. The van der Waals surface area contributed by atoms with E-state index in [2.05, 4.69) is 20.6 Å². The molecular weight excluding hydrogens is 481 g/mol. The summed E-state index contributed by atoms with van der Waals surface area (Å²) in [5.41, 5.74) is 0.685. The van der Waals surface area contributed by atoms with Crippen molar-refractivity contribution in [3.63, 3.8) is 0 Å². The summed E-state index contributed by atoms with van der Waals surface area (Å²) in [6, 6.07) is 3.85. The van der Waals surface area contributed by atoms with Crippen molar-refractivity contribution < 1.29 is 9.53 Å². The molecule has 0 aliphatic heterocycles.